The molecule has 0 saturated carbocycles. The van der Waals surface area contributed by atoms with E-state index in [0.29, 0.717) is 0 Å². The molecule has 108 valence electrons. The molecule has 0 amide bonds. The van der Waals surface area contributed by atoms with Crippen molar-refractivity contribution in [1.82, 2.24) is 4.31 Å². The number of benzene rings is 1. The lowest BCUT2D eigenvalue weighted by Gasteiger charge is -2.16. The van der Waals surface area contributed by atoms with Crippen LogP contribution >= 0.6 is 27.3 Å². The lowest BCUT2D eigenvalue weighted by atomic mass is 10.3. The van der Waals surface area contributed by atoms with Crippen LogP contribution < -0.4 is 5.73 Å². The Balaban J connectivity index is 2.27. The van der Waals surface area contributed by atoms with Gasteiger partial charge >= 0.3 is 0 Å². The van der Waals surface area contributed by atoms with Gasteiger partial charge in [0.1, 0.15) is 5.75 Å². The molecule has 1 aromatic heterocycles. The molecule has 1 heterocycles. The molecular formula is C12H13BrN2O3S2. The number of thiophene rings is 1. The highest BCUT2D eigenvalue weighted by molar-refractivity contribution is 9.10. The maximum atomic E-state index is 12.4. The zero-order valence-electron chi connectivity index (χ0n) is 10.6. The molecule has 8 heteroatoms. The van der Waals surface area contributed by atoms with E-state index in [9.17, 15) is 13.5 Å². The van der Waals surface area contributed by atoms with Gasteiger partial charge in [-0.15, -0.1) is 11.3 Å². The van der Waals surface area contributed by atoms with Gasteiger partial charge < -0.3 is 10.8 Å². The van der Waals surface area contributed by atoms with E-state index in [0.717, 1.165) is 9.35 Å². The fraction of sp³-hybridized carbons (Fsp3) is 0.167. The normalized spacial score (nSPS) is 11.9. The third-order valence-electron chi connectivity index (χ3n) is 2.71. The van der Waals surface area contributed by atoms with E-state index in [-0.39, 0.29) is 22.9 Å². The van der Waals surface area contributed by atoms with Gasteiger partial charge in [0, 0.05) is 28.3 Å². The van der Waals surface area contributed by atoms with E-state index in [1.165, 1.54) is 40.9 Å². The largest absolute Gasteiger partial charge is 0.506 e. The number of phenolic OH excluding ortho intramolecular Hbond substituents is 1. The first-order chi connectivity index (χ1) is 9.30. The molecule has 0 fully saturated rings. The number of nitrogens with two attached hydrogens (primary N) is 1. The van der Waals surface area contributed by atoms with Crippen molar-refractivity contribution in [2.45, 2.75) is 11.4 Å². The Morgan fingerprint density at radius 1 is 1.40 bits per heavy atom. The molecule has 0 bridgehead atoms. The van der Waals surface area contributed by atoms with Gasteiger partial charge in [0.25, 0.3) is 0 Å². The zero-order valence-corrected chi connectivity index (χ0v) is 13.8. The van der Waals surface area contributed by atoms with Crippen molar-refractivity contribution < 1.29 is 13.5 Å². The molecule has 0 atom stereocenters. The number of aromatic hydroxyl groups is 1. The highest BCUT2D eigenvalue weighted by Crippen LogP contribution is 2.27. The SMILES string of the molecule is CN(Cc1cc(Br)cs1)S(=O)(=O)c1ccc(O)c(N)c1. The van der Waals surface area contributed by atoms with Crippen molar-refractivity contribution in [2.75, 3.05) is 12.8 Å². The minimum Gasteiger partial charge on any atom is -0.506 e. The molecule has 3 N–H and O–H groups in total. The van der Waals surface area contributed by atoms with Crippen molar-refractivity contribution in [3.63, 3.8) is 0 Å². The first-order valence-electron chi connectivity index (χ1n) is 5.58. The van der Waals surface area contributed by atoms with Gasteiger partial charge in [-0.3, -0.25) is 0 Å². The van der Waals surface area contributed by atoms with E-state index in [1.54, 1.807) is 0 Å². The molecular weight excluding hydrogens is 364 g/mol. The van der Waals surface area contributed by atoms with Gasteiger partial charge in [-0.25, -0.2) is 8.42 Å². The van der Waals surface area contributed by atoms with E-state index in [2.05, 4.69) is 15.9 Å². The Kier molecular flexibility index (Phi) is 4.38. The first kappa shape index (κ1) is 15.3. The Hall–Kier alpha value is -1.09. The second-order valence-corrected chi connectivity index (χ2v) is 8.17. The topological polar surface area (TPSA) is 83.6 Å². The average molecular weight is 377 g/mol. The minimum atomic E-state index is -3.63. The van der Waals surface area contributed by atoms with E-state index >= 15 is 0 Å². The number of phenols is 1. The summed E-state index contributed by atoms with van der Waals surface area (Å²) in [6.07, 6.45) is 0. The Bertz CT molecular complexity index is 728. The molecule has 0 aliphatic carbocycles. The molecule has 0 saturated heterocycles. The first-order valence-corrected chi connectivity index (χ1v) is 8.69. The lowest BCUT2D eigenvalue weighted by Crippen LogP contribution is -2.26. The standard InChI is InChI=1S/C12H13BrN2O3S2/c1-15(6-9-4-8(13)7-19-9)20(17,18)10-2-3-12(16)11(14)5-10/h2-5,7,16H,6,14H2,1H3. The van der Waals surface area contributed by atoms with Crippen LogP contribution in [0.5, 0.6) is 5.75 Å². The molecule has 20 heavy (non-hydrogen) atoms. The van der Waals surface area contributed by atoms with Gasteiger partial charge in [0.15, 0.2) is 0 Å². The number of nitrogen functional groups attached to an aromatic ring is 1. The Morgan fingerprint density at radius 2 is 2.10 bits per heavy atom. The second kappa shape index (κ2) is 5.72. The highest BCUT2D eigenvalue weighted by Gasteiger charge is 2.22. The monoisotopic (exact) mass is 376 g/mol. The molecule has 0 aliphatic rings. The number of rotatable bonds is 4. The maximum Gasteiger partial charge on any atom is 0.243 e. The number of hydrogen-bond donors (Lipinski definition) is 2. The molecule has 0 unspecified atom stereocenters. The molecule has 0 spiro atoms. The van der Waals surface area contributed by atoms with Crippen molar-refractivity contribution in [2.24, 2.45) is 0 Å². The molecule has 5 nitrogen and oxygen atoms in total. The van der Waals surface area contributed by atoms with Crippen LogP contribution in [0.15, 0.2) is 39.0 Å². The third kappa shape index (κ3) is 3.14. The van der Waals surface area contributed by atoms with Gasteiger partial charge in [0.2, 0.25) is 10.0 Å². The van der Waals surface area contributed by atoms with Crippen LogP contribution in [0, 0.1) is 0 Å². The smallest absolute Gasteiger partial charge is 0.243 e. The average Bonchev–Trinajstić information content (AvgIpc) is 2.78. The van der Waals surface area contributed by atoms with Crippen molar-refractivity contribution in [1.29, 1.82) is 0 Å². The number of halogens is 1. The van der Waals surface area contributed by atoms with Crippen LogP contribution in [-0.2, 0) is 16.6 Å². The van der Waals surface area contributed by atoms with Gasteiger partial charge in [-0.05, 0) is 40.2 Å². The maximum absolute atomic E-state index is 12.4. The Labute approximate surface area is 129 Å². The molecule has 2 aromatic rings. The summed E-state index contributed by atoms with van der Waals surface area (Å²) < 4.78 is 27.0. The summed E-state index contributed by atoms with van der Waals surface area (Å²) in [6, 6.07) is 5.74. The van der Waals surface area contributed by atoms with Gasteiger partial charge in [-0.2, -0.15) is 4.31 Å². The van der Waals surface area contributed by atoms with E-state index < -0.39 is 10.0 Å². The quantitative estimate of drug-likeness (QED) is 0.634. The predicted octanol–water partition coefficient (Wildman–Crippen LogP) is 2.62. The van der Waals surface area contributed by atoms with Crippen LogP contribution in [0.2, 0.25) is 0 Å². The molecule has 1 aromatic carbocycles. The number of nitrogens with zero attached hydrogens (tertiary/aromatic N) is 1. The van der Waals surface area contributed by atoms with Crippen molar-refractivity contribution in [3.8, 4) is 5.75 Å². The third-order valence-corrected chi connectivity index (χ3v) is 6.19. The summed E-state index contributed by atoms with van der Waals surface area (Å²) in [5.41, 5.74) is 5.58. The van der Waals surface area contributed by atoms with Crippen LogP contribution in [0.3, 0.4) is 0 Å². The molecule has 2 rings (SSSR count). The summed E-state index contributed by atoms with van der Waals surface area (Å²) in [4.78, 5) is 0.987. The van der Waals surface area contributed by atoms with Crippen LogP contribution in [0.4, 0.5) is 5.69 Å². The van der Waals surface area contributed by atoms with Gasteiger partial charge in [0.05, 0.1) is 10.6 Å². The zero-order chi connectivity index (χ0) is 14.9. The number of anilines is 1. The fourth-order valence-corrected chi connectivity index (χ4v) is 4.38. The number of sulfonamides is 1. The van der Waals surface area contributed by atoms with E-state index in [4.69, 9.17) is 5.73 Å². The van der Waals surface area contributed by atoms with Gasteiger partial charge in [-0.1, -0.05) is 0 Å². The van der Waals surface area contributed by atoms with Crippen LogP contribution in [0.1, 0.15) is 4.88 Å². The van der Waals surface area contributed by atoms with Crippen LogP contribution in [-0.4, -0.2) is 24.9 Å². The minimum absolute atomic E-state index is 0.0401. The summed E-state index contributed by atoms with van der Waals surface area (Å²) in [5.74, 6) is -0.131. The summed E-state index contributed by atoms with van der Waals surface area (Å²) in [6.45, 7) is 0.277. The van der Waals surface area contributed by atoms with Crippen molar-refractivity contribution >= 4 is 43.0 Å². The molecule has 0 aliphatic heterocycles. The summed E-state index contributed by atoms with van der Waals surface area (Å²) >= 11 is 4.81. The highest BCUT2D eigenvalue weighted by atomic mass is 79.9. The second-order valence-electron chi connectivity index (χ2n) is 4.21. The molecule has 0 radical (unpaired) electrons. The summed E-state index contributed by atoms with van der Waals surface area (Å²) in [5, 5.41) is 11.2. The Morgan fingerprint density at radius 3 is 2.65 bits per heavy atom. The van der Waals surface area contributed by atoms with E-state index in [1.807, 2.05) is 11.4 Å². The predicted molar refractivity (Wildman–Crippen MR) is 83.2 cm³/mol. The number of hydrogen-bond acceptors (Lipinski definition) is 5. The van der Waals surface area contributed by atoms with Crippen LogP contribution in [0.25, 0.3) is 0 Å². The summed E-state index contributed by atoms with van der Waals surface area (Å²) in [7, 11) is -2.13. The van der Waals surface area contributed by atoms with Crippen molar-refractivity contribution in [3.05, 3.63) is 39.0 Å². The lowest BCUT2D eigenvalue weighted by molar-refractivity contribution is 0.468. The fourth-order valence-electron chi connectivity index (χ4n) is 1.61.